The summed E-state index contributed by atoms with van der Waals surface area (Å²) >= 11 is 0. The van der Waals surface area contributed by atoms with E-state index < -0.39 is 0 Å². The molecule has 1 rings (SSSR count). The van der Waals surface area contributed by atoms with E-state index in [0.717, 1.165) is 0 Å². The van der Waals surface area contributed by atoms with Gasteiger partial charge in [-0.1, -0.05) is 19.3 Å². The number of rotatable bonds is 0. The SMILES string of the molecule is [Br-].[C-]#CC1CCCCC1.[Mg+2]. The molecular formula is C8H11BrMg. The maximum Gasteiger partial charge on any atom is 2.00 e. The van der Waals surface area contributed by atoms with Crippen molar-refractivity contribution in [1.82, 2.24) is 0 Å². The summed E-state index contributed by atoms with van der Waals surface area (Å²) in [7, 11) is 0. The minimum Gasteiger partial charge on any atom is -1.00 e. The van der Waals surface area contributed by atoms with Crippen molar-refractivity contribution in [2.45, 2.75) is 32.1 Å². The van der Waals surface area contributed by atoms with Crippen LogP contribution in [0.1, 0.15) is 32.1 Å². The molecule has 1 fully saturated rings. The Morgan fingerprint density at radius 2 is 1.60 bits per heavy atom. The van der Waals surface area contributed by atoms with Gasteiger partial charge in [0.05, 0.1) is 0 Å². The third-order valence-corrected chi connectivity index (χ3v) is 1.81. The Balaban J connectivity index is 0. The quantitative estimate of drug-likeness (QED) is 0.268. The molecule has 0 amide bonds. The van der Waals surface area contributed by atoms with Crippen molar-refractivity contribution in [3.05, 3.63) is 6.42 Å². The smallest absolute Gasteiger partial charge is 1.00 e. The summed E-state index contributed by atoms with van der Waals surface area (Å²) in [4.78, 5) is 0. The van der Waals surface area contributed by atoms with Gasteiger partial charge in [-0.3, -0.25) is 0 Å². The Kier molecular flexibility index (Phi) is 10.6. The van der Waals surface area contributed by atoms with Crippen molar-refractivity contribution in [3.8, 4) is 5.92 Å². The van der Waals surface area contributed by atoms with Crippen molar-refractivity contribution in [2.24, 2.45) is 5.92 Å². The molecule has 0 N–H and O–H groups in total. The van der Waals surface area contributed by atoms with Crippen LogP contribution >= 0.6 is 0 Å². The summed E-state index contributed by atoms with van der Waals surface area (Å²) in [6, 6.07) is 0. The van der Waals surface area contributed by atoms with E-state index in [4.69, 9.17) is 6.42 Å². The van der Waals surface area contributed by atoms with E-state index >= 15 is 0 Å². The first-order valence-electron chi connectivity index (χ1n) is 3.36. The maximum atomic E-state index is 6.85. The number of hydrogen-bond donors (Lipinski definition) is 0. The van der Waals surface area contributed by atoms with Crippen molar-refractivity contribution in [2.75, 3.05) is 0 Å². The van der Waals surface area contributed by atoms with Gasteiger partial charge in [-0.2, -0.15) is 0 Å². The molecule has 0 aromatic carbocycles. The molecule has 0 bridgehead atoms. The second kappa shape index (κ2) is 7.91. The summed E-state index contributed by atoms with van der Waals surface area (Å²) in [6.45, 7) is 0. The zero-order valence-corrected chi connectivity index (χ0v) is 9.20. The van der Waals surface area contributed by atoms with Gasteiger partial charge in [0.1, 0.15) is 0 Å². The average molecular weight is 211 g/mol. The first-order valence-corrected chi connectivity index (χ1v) is 3.36. The van der Waals surface area contributed by atoms with Crippen LogP contribution in [0.15, 0.2) is 0 Å². The van der Waals surface area contributed by atoms with E-state index in [-0.39, 0.29) is 40.0 Å². The van der Waals surface area contributed by atoms with Crippen LogP contribution in [0.3, 0.4) is 0 Å². The van der Waals surface area contributed by atoms with Gasteiger partial charge in [-0.15, -0.1) is 0 Å². The summed E-state index contributed by atoms with van der Waals surface area (Å²) < 4.78 is 0. The molecule has 0 unspecified atom stereocenters. The maximum absolute atomic E-state index is 6.85. The molecule has 1 aliphatic rings. The predicted octanol–water partition coefficient (Wildman–Crippen LogP) is -1.22. The van der Waals surface area contributed by atoms with Crippen LogP contribution in [0.5, 0.6) is 0 Å². The van der Waals surface area contributed by atoms with Gasteiger partial charge in [0.2, 0.25) is 0 Å². The molecule has 10 heavy (non-hydrogen) atoms. The van der Waals surface area contributed by atoms with Gasteiger partial charge < -0.3 is 29.3 Å². The zero-order valence-electron chi connectivity index (χ0n) is 6.20. The third-order valence-electron chi connectivity index (χ3n) is 1.81. The largest absolute Gasteiger partial charge is 2.00 e. The summed E-state index contributed by atoms with van der Waals surface area (Å²) in [5.74, 6) is 3.06. The average Bonchev–Trinajstić information content (AvgIpc) is 1.90. The molecular weight excluding hydrogens is 200 g/mol. The van der Waals surface area contributed by atoms with Gasteiger partial charge in [0.15, 0.2) is 0 Å². The zero-order chi connectivity index (χ0) is 5.82. The Morgan fingerprint density at radius 3 is 1.90 bits per heavy atom. The van der Waals surface area contributed by atoms with E-state index in [1.807, 2.05) is 0 Å². The topological polar surface area (TPSA) is 0 Å². The van der Waals surface area contributed by atoms with Crippen molar-refractivity contribution >= 4 is 23.1 Å². The van der Waals surface area contributed by atoms with Crippen LogP contribution in [0, 0.1) is 18.3 Å². The summed E-state index contributed by atoms with van der Waals surface area (Å²) in [5, 5.41) is 0. The van der Waals surface area contributed by atoms with Crippen molar-refractivity contribution < 1.29 is 17.0 Å². The van der Waals surface area contributed by atoms with Crippen LogP contribution in [-0.2, 0) is 0 Å². The molecule has 0 atom stereocenters. The number of halogens is 1. The van der Waals surface area contributed by atoms with E-state index in [9.17, 15) is 0 Å². The van der Waals surface area contributed by atoms with Crippen molar-refractivity contribution in [3.63, 3.8) is 0 Å². The van der Waals surface area contributed by atoms with E-state index in [2.05, 4.69) is 5.92 Å². The predicted molar refractivity (Wildman–Crippen MR) is 39.5 cm³/mol. The molecule has 52 valence electrons. The third kappa shape index (κ3) is 4.60. The summed E-state index contributed by atoms with van der Waals surface area (Å²) in [6.07, 6.45) is 13.3. The molecule has 0 aromatic heterocycles. The molecule has 0 saturated heterocycles. The van der Waals surface area contributed by atoms with E-state index in [1.54, 1.807) is 0 Å². The summed E-state index contributed by atoms with van der Waals surface area (Å²) in [5.41, 5.74) is 0. The molecule has 1 aliphatic carbocycles. The van der Waals surface area contributed by atoms with Crippen LogP contribution < -0.4 is 17.0 Å². The van der Waals surface area contributed by atoms with Gasteiger partial charge in [0, 0.05) is 0 Å². The Bertz CT molecular complexity index is 100. The van der Waals surface area contributed by atoms with Crippen LogP contribution in [-0.4, -0.2) is 23.1 Å². The first-order chi connectivity index (χ1) is 3.93. The second-order valence-electron chi connectivity index (χ2n) is 2.48. The standard InChI is InChI=1S/C8H11.BrH.Mg/c1-2-8-6-4-3-5-7-8;;/h8H,3-7H2;1H;/q-1;;+2/p-1. The fraction of sp³-hybridized carbons (Fsp3) is 0.750. The van der Waals surface area contributed by atoms with Crippen LogP contribution in [0.4, 0.5) is 0 Å². The van der Waals surface area contributed by atoms with Crippen LogP contribution in [0.2, 0.25) is 0 Å². The fourth-order valence-electron chi connectivity index (χ4n) is 1.25. The van der Waals surface area contributed by atoms with E-state index in [1.165, 1.54) is 32.1 Å². The normalized spacial score (nSPS) is 17.9. The monoisotopic (exact) mass is 210 g/mol. The molecule has 2 heteroatoms. The van der Waals surface area contributed by atoms with Crippen molar-refractivity contribution in [1.29, 1.82) is 0 Å². The minimum atomic E-state index is 0. The van der Waals surface area contributed by atoms with Crippen LogP contribution in [0.25, 0.3) is 0 Å². The minimum absolute atomic E-state index is 0. The molecule has 0 spiro atoms. The molecule has 0 heterocycles. The van der Waals surface area contributed by atoms with Gasteiger partial charge in [-0.05, 0) is 18.8 Å². The Hall–Kier alpha value is 0.806. The van der Waals surface area contributed by atoms with E-state index in [0.29, 0.717) is 5.92 Å². The molecule has 0 aliphatic heterocycles. The second-order valence-corrected chi connectivity index (χ2v) is 2.48. The van der Waals surface area contributed by atoms with Gasteiger partial charge >= 0.3 is 23.1 Å². The Morgan fingerprint density at radius 1 is 1.10 bits per heavy atom. The molecule has 1 saturated carbocycles. The number of hydrogen-bond acceptors (Lipinski definition) is 0. The molecule has 0 aromatic rings. The Labute approximate surface area is 90.1 Å². The van der Waals surface area contributed by atoms with Gasteiger partial charge in [-0.25, -0.2) is 0 Å². The fourth-order valence-corrected chi connectivity index (χ4v) is 1.25. The molecule has 0 radical (unpaired) electrons. The molecule has 0 nitrogen and oxygen atoms in total. The first kappa shape index (κ1) is 13.4. The van der Waals surface area contributed by atoms with Gasteiger partial charge in [0.25, 0.3) is 0 Å².